The van der Waals surface area contributed by atoms with Gasteiger partial charge in [-0.3, -0.25) is 19.2 Å². The van der Waals surface area contributed by atoms with E-state index in [1.807, 2.05) is 13.8 Å². The van der Waals surface area contributed by atoms with Crippen molar-refractivity contribution in [1.29, 1.82) is 0 Å². The summed E-state index contributed by atoms with van der Waals surface area (Å²) < 4.78 is 10.7. The molecule has 0 saturated carbocycles. The Bertz CT molecular complexity index is 953. The van der Waals surface area contributed by atoms with Crippen LogP contribution >= 0.6 is 0 Å². The number of hydrogen-bond donors (Lipinski definition) is 3. The quantitative estimate of drug-likeness (QED) is 0.440. The van der Waals surface area contributed by atoms with E-state index in [9.17, 15) is 24.3 Å². The molecule has 11 nitrogen and oxygen atoms in total. The van der Waals surface area contributed by atoms with Crippen molar-refractivity contribution >= 4 is 23.6 Å². The lowest BCUT2D eigenvalue weighted by Gasteiger charge is -2.30. The van der Waals surface area contributed by atoms with Gasteiger partial charge >= 0.3 is 0 Å². The number of ether oxygens (including phenoxy) is 2. The molecule has 3 N–H and O–H groups in total. The fraction of sp³-hybridized carbons (Fsp3) is 0.615. The van der Waals surface area contributed by atoms with Crippen LogP contribution in [0.5, 0.6) is 5.75 Å². The summed E-state index contributed by atoms with van der Waals surface area (Å²) in [4.78, 5) is 55.4. The number of likely N-dealkylation sites (tertiary alicyclic amines) is 1. The van der Waals surface area contributed by atoms with Gasteiger partial charge in [-0.1, -0.05) is 26.0 Å². The van der Waals surface area contributed by atoms with Crippen LogP contribution in [0, 0.1) is 5.92 Å². The molecule has 0 unspecified atom stereocenters. The number of benzene rings is 1. The first-order chi connectivity index (χ1) is 17.7. The molecule has 4 amide bonds. The molecule has 4 rings (SSSR count). The lowest BCUT2D eigenvalue weighted by Crippen LogP contribution is -2.55. The van der Waals surface area contributed by atoms with E-state index in [2.05, 4.69) is 10.6 Å². The highest BCUT2D eigenvalue weighted by Gasteiger charge is 2.33. The average Bonchev–Trinajstić information content (AvgIpc) is 3.29. The van der Waals surface area contributed by atoms with Crippen molar-refractivity contribution in [2.75, 3.05) is 46.5 Å². The second-order valence-corrected chi connectivity index (χ2v) is 9.99. The molecule has 3 atom stereocenters. The first kappa shape index (κ1) is 28.4. The molecule has 3 heterocycles. The summed E-state index contributed by atoms with van der Waals surface area (Å²) in [5.74, 6) is -1.06. The molecule has 37 heavy (non-hydrogen) atoms. The fourth-order valence-electron chi connectivity index (χ4n) is 4.50. The van der Waals surface area contributed by atoms with Crippen molar-refractivity contribution in [1.82, 2.24) is 20.4 Å². The van der Waals surface area contributed by atoms with Crippen molar-refractivity contribution in [3.8, 4) is 5.75 Å². The maximum Gasteiger partial charge on any atom is 0.258 e. The predicted molar refractivity (Wildman–Crippen MR) is 135 cm³/mol. The summed E-state index contributed by atoms with van der Waals surface area (Å²) >= 11 is 0. The molecule has 1 saturated heterocycles. The van der Waals surface area contributed by atoms with E-state index in [4.69, 9.17) is 9.47 Å². The molecule has 1 aromatic carbocycles. The van der Waals surface area contributed by atoms with Crippen LogP contribution in [0.4, 0.5) is 0 Å². The van der Waals surface area contributed by atoms with Crippen molar-refractivity contribution in [2.45, 2.75) is 51.3 Å². The minimum atomic E-state index is -0.872. The maximum atomic E-state index is 13.5. The number of fused-ring (bicyclic) bond motifs is 13. The van der Waals surface area contributed by atoms with Crippen molar-refractivity contribution in [3.63, 3.8) is 0 Å². The number of carbonyl (C=O) groups excluding carboxylic acids is 4. The fourth-order valence-corrected chi connectivity index (χ4v) is 4.50. The maximum absolute atomic E-state index is 13.5. The Morgan fingerprint density at radius 3 is 2.51 bits per heavy atom. The largest absolute Gasteiger partial charge is 0.484 e. The van der Waals surface area contributed by atoms with Crippen LogP contribution in [0.25, 0.3) is 0 Å². The van der Waals surface area contributed by atoms with Gasteiger partial charge in [-0.25, -0.2) is 0 Å². The average molecular weight is 519 g/mol. The van der Waals surface area contributed by atoms with Crippen LogP contribution in [0.1, 0.15) is 32.3 Å². The first-order valence-corrected chi connectivity index (χ1v) is 12.7. The van der Waals surface area contributed by atoms with E-state index in [1.165, 1.54) is 12.0 Å². The standard InChI is InChI=1S/C26H38N4O7/c1-17(2)12-21-25(34)30(10-11-36-3)15-23(32)27-22(26(35)29-9-8-19(31)14-29)13-18-4-6-20(7-5-18)37-16-24(33)28-21/h4-7,17,19,21-22,31H,8-16H2,1-3H3,(H,27,32)(H,28,33)/t19-,21+,22-/m1/s1. The number of aliphatic hydroxyl groups excluding tert-OH is 1. The van der Waals surface area contributed by atoms with Gasteiger partial charge in [0.15, 0.2) is 6.61 Å². The number of hydrogen-bond acceptors (Lipinski definition) is 7. The number of carbonyl (C=O) groups is 4. The number of nitrogens with one attached hydrogen (secondary N) is 2. The van der Waals surface area contributed by atoms with Crippen LogP contribution in [-0.4, -0.2) is 103 Å². The number of β-amino-alcohol motifs (C(OH)–C–C–N with tert-alkyl or cyclic N) is 1. The minimum Gasteiger partial charge on any atom is -0.484 e. The van der Waals surface area contributed by atoms with E-state index in [-0.39, 0.29) is 51.1 Å². The Hall–Kier alpha value is -3.18. The molecular formula is C26H38N4O7. The van der Waals surface area contributed by atoms with E-state index < -0.39 is 35.9 Å². The van der Waals surface area contributed by atoms with E-state index in [1.54, 1.807) is 29.2 Å². The van der Waals surface area contributed by atoms with E-state index in [0.717, 1.165) is 5.56 Å². The van der Waals surface area contributed by atoms with E-state index in [0.29, 0.717) is 25.1 Å². The predicted octanol–water partition coefficient (Wildman–Crippen LogP) is -0.295. The topological polar surface area (TPSA) is 138 Å². The van der Waals surface area contributed by atoms with Crippen LogP contribution in [0.3, 0.4) is 0 Å². The third-order valence-corrected chi connectivity index (χ3v) is 6.39. The lowest BCUT2D eigenvalue weighted by atomic mass is 10.0. The second-order valence-electron chi connectivity index (χ2n) is 9.99. The molecule has 0 aliphatic carbocycles. The number of rotatable bonds is 6. The molecule has 3 aliphatic rings. The van der Waals surface area contributed by atoms with Gasteiger partial charge in [-0.15, -0.1) is 0 Å². The normalized spacial score (nSPS) is 23.7. The van der Waals surface area contributed by atoms with Gasteiger partial charge in [-0.05, 0) is 36.5 Å². The number of aliphatic hydroxyl groups is 1. The van der Waals surface area contributed by atoms with Crippen LogP contribution in [-0.2, 0) is 30.3 Å². The van der Waals surface area contributed by atoms with Gasteiger partial charge in [0.05, 0.1) is 19.3 Å². The van der Waals surface area contributed by atoms with Crippen LogP contribution < -0.4 is 15.4 Å². The molecule has 0 spiro atoms. The third-order valence-electron chi connectivity index (χ3n) is 6.39. The van der Waals surface area contributed by atoms with Crippen LogP contribution in [0.2, 0.25) is 0 Å². The number of amides is 4. The molecular weight excluding hydrogens is 480 g/mol. The highest BCUT2D eigenvalue weighted by molar-refractivity contribution is 5.93. The Morgan fingerprint density at radius 1 is 1.16 bits per heavy atom. The van der Waals surface area contributed by atoms with Gasteiger partial charge in [-0.2, -0.15) is 0 Å². The lowest BCUT2D eigenvalue weighted by molar-refractivity contribution is -0.141. The third kappa shape index (κ3) is 8.43. The minimum absolute atomic E-state index is 0.101. The number of methoxy groups -OCH3 is 1. The summed E-state index contributed by atoms with van der Waals surface area (Å²) in [6, 6.07) is 5.23. The molecule has 1 fully saturated rings. The Morgan fingerprint density at radius 2 is 1.89 bits per heavy atom. The van der Waals surface area contributed by atoms with Gasteiger partial charge in [0, 0.05) is 33.2 Å². The summed E-state index contributed by atoms with van der Waals surface area (Å²) in [5.41, 5.74) is 0.784. The molecule has 1 aromatic rings. The summed E-state index contributed by atoms with van der Waals surface area (Å²) in [6.45, 7) is 4.28. The smallest absolute Gasteiger partial charge is 0.258 e. The van der Waals surface area contributed by atoms with Gasteiger partial charge in [0.1, 0.15) is 17.8 Å². The zero-order valence-corrected chi connectivity index (χ0v) is 21.8. The van der Waals surface area contributed by atoms with Crippen molar-refractivity contribution in [2.24, 2.45) is 5.92 Å². The molecule has 0 aromatic heterocycles. The highest BCUT2D eigenvalue weighted by Crippen LogP contribution is 2.17. The molecule has 204 valence electrons. The highest BCUT2D eigenvalue weighted by atomic mass is 16.5. The Balaban J connectivity index is 1.90. The molecule has 2 bridgehead atoms. The zero-order valence-electron chi connectivity index (χ0n) is 21.8. The van der Waals surface area contributed by atoms with Gasteiger partial charge < -0.3 is 35.0 Å². The van der Waals surface area contributed by atoms with E-state index >= 15 is 0 Å². The zero-order chi connectivity index (χ0) is 26.9. The first-order valence-electron chi connectivity index (χ1n) is 12.7. The van der Waals surface area contributed by atoms with Gasteiger partial charge in [0.25, 0.3) is 5.91 Å². The molecule has 3 aliphatic heterocycles. The number of nitrogens with zero attached hydrogens (tertiary/aromatic N) is 2. The monoisotopic (exact) mass is 518 g/mol. The van der Waals surface area contributed by atoms with Crippen molar-refractivity contribution < 1.29 is 33.8 Å². The summed E-state index contributed by atoms with van der Waals surface area (Å²) in [6.07, 6.45) is 0.501. The molecule has 11 heteroatoms. The SMILES string of the molecule is COCCN1CC(=O)N[C@@H](C(=O)N2CC[C@@H](O)C2)Cc2ccc(cc2)OCC(=O)N[C@@H](CC(C)C)C1=O. The Labute approximate surface area is 217 Å². The summed E-state index contributed by atoms with van der Waals surface area (Å²) in [5, 5.41) is 15.5. The van der Waals surface area contributed by atoms with Crippen LogP contribution in [0.15, 0.2) is 24.3 Å². The Kier molecular flexibility index (Phi) is 10.3. The second kappa shape index (κ2) is 13.4. The van der Waals surface area contributed by atoms with Crippen molar-refractivity contribution in [3.05, 3.63) is 29.8 Å². The van der Waals surface area contributed by atoms with Gasteiger partial charge in [0.2, 0.25) is 17.7 Å². The molecule has 0 radical (unpaired) electrons. The summed E-state index contributed by atoms with van der Waals surface area (Å²) in [7, 11) is 1.50.